The molecule has 1 aromatic carbocycles. The first-order valence-electron chi connectivity index (χ1n) is 5.78. The Kier molecular flexibility index (Phi) is 4.01. The highest BCUT2D eigenvalue weighted by molar-refractivity contribution is 5.39. The van der Waals surface area contributed by atoms with E-state index in [9.17, 15) is 0 Å². The summed E-state index contributed by atoms with van der Waals surface area (Å²) in [5.74, 6) is 7.32. The molecule has 1 unspecified atom stereocenters. The molecule has 4 heteroatoms. The van der Waals surface area contributed by atoms with Gasteiger partial charge in [-0.2, -0.15) is 0 Å². The van der Waals surface area contributed by atoms with Crippen LogP contribution in [0.25, 0.3) is 0 Å². The summed E-state index contributed by atoms with van der Waals surface area (Å²) in [6.45, 7) is 0.749. The minimum absolute atomic E-state index is 0.147. The molecule has 0 bridgehead atoms. The fraction of sp³-hybridized carbons (Fsp3) is 0.385. The van der Waals surface area contributed by atoms with Crippen LogP contribution in [0.15, 0.2) is 36.1 Å². The number of hydrazine groups is 1. The predicted molar refractivity (Wildman–Crippen MR) is 66.3 cm³/mol. The topological polar surface area (TPSA) is 56.5 Å². The van der Waals surface area contributed by atoms with Crippen molar-refractivity contribution in [3.8, 4) is 5.75 Å². The highest BCUT2D eigenvalue weighted by atomic mass is 16.5. The number of nitrogens with one attached hydrogen (secondary N) is 1. The van der Waals surface area contributed by atoms with Crippen LogP contribution < -0.4 is 16.0 Å². The van der Waals surface area contributed by atoms with Crippen molar-refractivity contribution < 1.29 is 9.47 Å². The first-order valence-corrected chi connectivity index (χ1v) is 5.78. The summed E-state index contributed by atoms with van der Waals surface area (Å²) in [6, 6.07) is 7.66. The number of para-hydroxylation sites is 1. The molecule has 3 N–H and O–H groups in total. The Labute approximate surface area is 101 Å². The van der Waals surface area contributed by atoms with E-state index in [-0.39, 0.29) is 6.04 Å². The SMILES string of the molecule is COc1ccccc1C(NN)C1=CCCCO1. The van der Waals surface area contributed by atoms with E-state index < -0.39 is 0 Å². The van der Waals surface area contributed by atoms with Gasteiger partial charge in [-0.3, -0.25) is 5.84 Å². The smallest absolute Gasteiger partial charge is 0.124 e. The van der Waals surface area contributed by atoms with Gasteiger partial charge in [0.05, 0.1) is 13.7 Å². The van der Waals surface area contributed by atoms with E-state index >= 15 is 0 Å². The number of nitrogens with two attached hydrogens (primary N) is 1. The van der Waals surface area contributed by atoms with Gasteiger partial charge in [0.25, 0.3) is 0 Å². The maximum atomic E-state index is 5.65. The highest BCUT2D eigenvalue weighted by Gasteiger charge is 2.21. The molecule has 17 heavy (non-hydrogen) atoms. The number of methoxy groups -OCH3 is 1. The minimum Gasteiger partial charge on any atom is -0.496 e. The van der Waals surface area contributed by atoms with E-state index in [1.807, 2.05) is 24.3 Å². The fourth-order valence-electron chi connectivity index (χ4n) is 2.01. The molecule has 0 saturated carbocycles. The van der Waals surface area contributed by atoms with Gasteiger partial charge in [0.1, 0.15) is 17.6 Å². The third-order valence-corrected chi connectivity index (χ3v) is 2.86. The van der Waals surface area contributed by atoms with Crippen molar-refractivity contribution in [1.82, 2.24) is 5.43 Å². The quantitative estimate of drug-likeness (QED) is 0.617. The lowest BCUT2D eigenvalue weighted by Gasteiger charge is -2.24. The predicted octanol–water partition coefficient (Wildman–Crippen LogP) is 1.89. The van der Waals surface area contributed by atoms with Crippen LogP contribution in [-0.2, 0) is 4.74 Å². The second kappa shape index (κ2) is 5.70. The van der Waals surface area contributed by atoms with Crippen LogP contribution in [0.3, 0.4) is 0 Å². The second-order valence-corrected chi connectivity index (χ2v) is 3.94. The molecule has 0 spiro atoms. The fourth-order valence-corrected chi connectivity index (χ4v) is 2.01. The first kappa shape index (κ1) is 12.0. The molecule has 0 fully saturated rings. The van der Waals surface area contributed by atoms with E-state index in [2.05, 4.69) is 11.5 Å². The van der Waals surface area contributed by atoms with Gasteiger partial charge in [-0.1, -0.05) is 18.2 Å². The second-order valence-electron chi connectivity index (χ2n) is 3.94. The van der Waals surface area contributed by atoms with Gasteiger partial charge < -0.3 is 9.47 Å². The van der Waals surface area contributed by atoms with Gasteiger partial charge in [-0.05, 0) is 25.0 Å². The van der Waals surface area contributed by atoms with Crippen molar-refractivity contribution in [3.05, 3.63) is 41.7 Å². The lowest BCUT2D eigenvalue weighted by atomic mass is 10.0. The number of hydrogen-bond acceptors (Lipinski definition) is 4. The number of benzene rings is 1. The molecule has 2 rings (SSSR count). The van der Waals surface area contributed by atoms with Gasteiger partial charge in [0.2, 0.25) is 0 Å². The van der Waals surface area contributed by atoms with Crippen molar-refractivity contribution in [2.45, 2.75) is 18.9 Å². The maximum absolute atomic E-state index is 5.65. The highest BCUT2D eigenvalue weighted by Crippen LogP contribution is 2.31. The third kappa shape index (κ3) is 2.60. The van der Waals surface area contributed by atoms with Crippen LogP contribution in [0.1, 0.15) is 24.4 Å². The molecular weight excluding hydrogens is 216 g/mol. The summed E-state index contributed by atoms with van der Waals surface area (Å²) < 4.78 is 11.0. The maximum Gasteiger partial charge on any atom is 0.124 e. The molecule has 0 saturated heterocycles. The van der Waals surface area contributed by atoms with E-state index in [1.54, 1.807) is 7.11 Å². The van der Waals surface area contributed by atoms with Crippen molar-refractivity contribution in [1.29, 1.82) is 0 Å². The molecule has 1 aliphatic heterocycles. The lowest BCUT2D eigenvalue weighted by molar-refractivity contribution is 0.167. The van der Waals surface area contributed by atoms with Crippen molar-refractivity contribution in [2.75, 3.05) is 13.7 Å². The molecule has 1 atom stereocenters. The largest absolute Gasteiger partial charge is 0.496 e. The van der Waals surface area contributed by atoms with Crippen LogP contribution in [-0.4, -0.2) is 13.7 Å². The van der Waals surface area contributed by atoms with Crippen LogP contribution in [0.4, 0.5) is 0 Å². The van der Waals surface area contributed by atoms with Crippen LogP contribution >= 0.6 is 0 Å². The third-order valence-electron chi connectivity index (χ3n) is 2.86. The zero-order valence-corrected chi connectivity index (χ0v) is 9.98. The summed E-state index contributed by atoms with van der Waals surface area (Å²) in [5, 5.41) is 0. The Morgan fingerprint density at radius 2 is 2.24 bits per heavy atom. The average Bonchev–Trinajstić information content (AvgIpc) is 2.41. The Hall–Kier alpha value is -1.52. The van der Waals surface area contributed by atoms with E-state index in [4.69, 9.17) is 15.3 Å². The number of ether oxygens (including phenoxy) is 2. The van der Waals surface area contributed by atoms with E-state index in [1.165, 1.54) is 0 Å². The molecule has 0 radical (unpaired) electrons. The summed E-state index contributed by atoms with van der Waals surface area (Å²) in [4.78, 5) is 0. The van der Waals surface area contributed by atoms with E-state index in [0.29, 0.717) is 0 Å². The molecule has 1 aliphatic rings. The molecule has 0 aromatic heterocycles. The number of hydrogen-bond donors (Lipinski definition) is 2. The normalized spacial score (nSPS) is 16.9. The Morgan fingerprint density at radius 3 is 2.88 bits per heavy atom. The van der Waals surface area contributed by atoms with Crippen molar-refractivity contribution in [3.63, 3.8) is 0 Å². The Morgan fingerprint density at radius 1 is 1.41 bits per heavy atom. The molecule has 4 nitrogen and oxygen atoms in total. The molecule has 92 valence electrons. The minimum atomic E-state index is -0.147. The molecule has 0 aliphatic carbocycles. The van der Waals surface area contributed by atoms with Crippen molar-refractivity contribution >= 4 is 0 Å². The molecule has 1 heterocycles. The summed E-state index contributed by atoms with van der Waals surface area (Å²) in [6.07, 6.45) is 4.18. The summed E-state index contributed by atoms with van der Waals surface area (Å²) in [5.41, 5.74) is 3.78. The van der Waals surface area contributed by atoms with Crippen LogP contribution in [0, 0.1) is 0 Å². The number of allylic oxidation sites excluding steroid dienone is 1. The van der Waals surface area contributed by atoms with Crippen LogP contribution in [0.5, 0.6) is 5.75 Å². The van der Waals surface area contributed by atoms with Gasteiger partial charge in [-0.15, -0.1) is 0 Å². The first-order chi connectivity index (χ1) is 8.36. The molecular formula is C13H18N2O2. The average molecular weight is 234 g/mol. The van der Waals surface area contributed by atoms with Crippen LogP contribution in [0.2, 0.25) is 0 Å². The van der Waals surface area contributed by atoms with Gasteiger partial charge in [-0.25, -0.2) is 5.43 Å². The monoisotopic (exact) mass is 234 g/mol. The molecule has 1 aromatic rings. The lowest BCUT2D eigenvalue weighted by Crippen LogP contribution is -2.31. The Balaban J connectivity index is 2.31. The Bertz CT molecular complexity index is 404. The summed E-state index contributed by atoms with van der Waals surface area (Å²) in [7, 11) is 1.66. The van der Waals surface area contributed by atoms with Gasteiger partial charge >= 0.3 is 0 Å². The summed E-state index contributed by atoms with van der Waals surface area (Å²) >= 11 is 0. The number of rotatable bonds is 4. The van der Waals surface area contributed by atoms with Gasteiger partial charge in [0, 0.05) is 5.56 Å². The standard InChI is InChI=1S/C13H18N2O2/c1-16-11-7-3-2-6-10(11)13(15-14)12-8-4-5-9-17-12/h2-3,6-8,13,15H,4-5,9,14H2,1H3. The zero-order chi connectivity index (χ0) is 12.1. The van der Waals surface area contributed by atoms with E-state index in [0.717, 1.165) is 36.5 Å². The van der Waals surface area contributed by atoms with Crippen molar-refractivity contribution in [2.24, 2.45) is 5.84 Å². The van der Waals surface area contributed by atoms with Gasteiger partial charge in [0.15, 0.2) is 0 Å². The molecule has 0 amide bonds. The zero-order valence-electron chi connectivity index (χ0n) is 9.98.